The number of hydrogen-bond acceptors (Lipinski definition) is 1. The van der Waals surface area contributed by atoms with Crippen LogP contribution in [0.25, 0.3) is 0 Å². The molecule has 0 saturated carbocycles. The van der Waals surface area contributed by atoms with E-state index in [1.54, 1.807) is 0 Å². The third-order valence-corrected chi connectivity index (χ3v) is 2.31. The maximum absolute atomic E-state index is 13.2. The van der Waals surface area contributed by atoms with E-state index in [0.717, 1.165) is 32.6 Å². The van der Waals surface area contributed by atoms with Crippen LogP contribution in [0.2, 0.25) is 0 Å². The van der Waals surface area contributed by atoms with Crippen molar-refractivity contribution in [1.29, 1.82) is 0 Å². The molecule has 0 aliphatic rings. The summed E-state index contributed by atoms with van der Waals surface area (Å²) in [5, 5.41) is 1.31. The Labute approximate surface area is 98.2 Å². The van der Waals surface area contributed by atoms with Crippen molar-refractivity contribution in [3.05, 3.63) is 23.8 Å². The number of nitrogens with one attached hydrogen (secondary N) is 1. The van der Waals surface area contributed by atoms with E-state index in [1.807, 2.05) is 0 Å². The molecule has 1 N–H and O–H groups in total. The molecule has 2 nitrogen and oxygen atoms in total. The minimum absolute atomic E-state index is 0.458. The Morgan fingerprint density at radius 1 is 1.25 bits per heavy atom. The maximum atomic E-state index is 13.2. The summed E-state index contributed by atoms with van der Waals surface area (Å²) in [6, 6.07) is 1.49. The minimum atomic E-state index is -5.12. The van der Waals surface area contributed by atoms with Gasteiger partial charge in [-0.1, -0.05) is 0 Å². The topological polar surface area (TPSA) is 29.1 Å². The molecule has 85 valence electrons. The fourth-order valence-corrected chi connectivity index (χ4v) is 1.18. The molecule has 1 rings (SSSR count). The van der Waals surface area contributed by atoms with Crippen LogP contribution in [0, 0.1) is 11.6 Å². The van der Waals surface area contributed by atoms with Crippen molar-refractivity contribution in [2.45, 2.75) is 6.18 Å². The second-order valence-electron chi connectivity index (χ2n) is 2.74. The average Bonchev–Trinajstić information content (AvgIpc) is 2.17. The van der Waals surface area contributed by atoms with Gasteiger partial charge in [-0.2, -0.15) is 0 Å². The number of rotatable bonds is 1. The van der Waals surface area contributed by atoms with Crippen LogP contribution < -0.4 is 9.18 Å². The predicted octanol–water partition coefficient (Wildman–Crippen LogP) is 1.64. The Morgan fingerprint density at radius 2 is 1.81 bits per heavy atom. The molecule has 0 heterocycles. The van der Waals surface area contributed by atoms with Gasteiger partial charge in [-0.3, -0.25) is 0 Å². The summed E-state index contributed by atoms with van der Waals surface area (Å²) in [6.45, 7) is 0. The van der Waals surface area contributed by atoms with Crippen molar-refractivity contribution in [3.8, 4) is 0 Å². The summed E-state index contributed by atoms with van der Waals surface area (Å²) in [5.74, 6) is -4.43. The van der Waals surface area contributed by atoms with Gasteiger partial charge in [0, 0.05) is 0 Å². The Morgan fingerprint density at radius 3 is 2.31 bits per heavy atom. The molecule has 16 heavy (non-hydrogen) atoms. The number of halogens is 5. The predicted molar refractivity (Wildman–Crippen MR) is 40.7 cm³/mol. The number of carbonyl (C=O) groups is 1. The summed E-state index contributed by atoms with van der Waals surface area (Å²) >= 11 is 1.05. The van der Waals surface area contributed by atoms with E-state index in [0.29, 0.717) is 0 Å². The van der Waals surface area contributed by atoms with Gasteiger partial charge in [0.05, 0.1) is 0 Å². The van der Waals surface area contributed by atoms with E-state index in [4.69, 9.17) is 0 Å². The van der Waals surface area contributed by atoms with Gasteiger partial charge in [0.15, 0.2) is 0 Å². The Hall–Kier alpha value is -0.946. The van der Waals surface area contributed by atoms with E-state index >= 15 is 0 Å². The van der Waals surface area contributed by atoms with Gasteiger partial charge in [0.1, 0.15) is 0 Å². The summed E-state index contributed by atoms with van der Waals surface area (Å²) < 4.78 is 61.0. The first kappa shape index (κ1) is 13.1. The summed E-state index contributed by atoms with van der Waals surface area (Å²) in [5.41, 5.74) is -0.707. The molecule has 0 unspecified atom stereocenters. The first-order valence-electron chi connectivity index (χ1n) is 3.81. The first-order valence-corrected chi connectivity index (χ1v) is 4.59. The molecule has 0 fully saturated rings. The number of alkyl halides is 3. The molecule has 0 spiro atoms. The van der Waals surface area contributed by atoms with Gasteiger partial charge < -0.3 is 0 Å². The van der Waals surface area contributed by atoms with Crippen molar-refractivity contribution in [3.63, 3.8) is 0 Å². The molecule has 0 bridgehead atoms. The number of anilines is 1. The van der Waals surface area contributed by atoms with Gasteiger partial charge in [-0.25, -0.2) is 0 Å². The monoisotopic (exact) mass is 272 g/mol. The molecule has 8 heteroatoms. The molecule has 0 aliphatic carbocycles. The molecule has 0 saturated heterocycles. The molecular formula is C8H3F5NOTi. The van der Waals surface area contributed by atoms with Gasteiger partial charge in [0.2, 0.25) is 0 Å². The number of benzene rings is 1. The van der Waals surface area contributed by atoms with Crippen LogP contribution in [-0.2, 0) is 25.2 Å². The Kier molecular flexibility index (Phi) is 3.70. The van der Waals surface area contributed by atoms with E-state index in [1.165, 1.54) is 5.32 Å². The summed E-state index contributed by atoms with van der Waals surface area (Å²) in [4.78, 5) is 10.5. The van der Waals surface area contributed by atoms with Crippen molar-refractivity contribution in [1.82, 2.24) is 0 Å². The van der Waals surface area contributed by atoms with Crippen LogP contribution in [0.5, 0.6) is 0 Å². The van der Waals surface area contributed by atoms with Gasteiger partial charge >= 0.3 is 97.9 Å². The van der Waals surface area contributed by atoms with Crippen LogP contribution >= 0.6 is 0 Å². The zero-order valence-corrected chi connectivity index (χ0v) is 9.01. The second kappa shape index (κ2) is 4.51. The van der Waals surface area contributed by atoms with Gasteiger partial charge in [0.25, 0.3) is 0 Å². The van der Waals surface area contributed by atoms with Gasteiger partial charge in [-0.15, -0.1) is 0 Å². The number of amides is 1. The van der Waals surface area contributed by atoms with Crippen LogP contribution in [0.3, 0.4) is 0 Å². The second-order valence-corrected chi connectivity index (χ2v) is 3.52. The third kappa shape index (κ3) is 2.79. The molecule has 0 aromatic heterocycles. The van der Waals surface area contributed by atoms with Crippen molar-refractivity contribution < 1.29 is 47.2 Å². The molecular weight excluding hydrogens is 269 g/mol. The number of carbonyl (C=O) groups excluding carboxylic acids is 1. The third-order valence-electron chi connectivity index (χ3n) is 1.60. The zero-order valence-electron chi connectivity index (χ0n) is 7.45. The van der Waals surface area contributed by atoms with Crippen LogP contribution in [-0.4, -0.2) is 12.1 Å². The fourth-order valence-electron chi connectivity index (χ4n) is 0.842. The first-order chi connectivity index (χ1) is 7.23. The van der Waals surface area contributed by atoms with E-state index in [9.17, 15) is 26.7 Å². The SMILES string of the molecule is O=C(Nc1ccc(F)[c]([Ti])c1F)C(F)(F)F. The molecule has 1 aromatic rings. The number of hydrogen-bond donors (Lipinski definition) is 1. The van der Waals surface area contributed by atoms with Crippen LogP contribution in [0.1, 0.15) is 0 Å². The van der Waals surface area contributed by atoms with Crippen molar-refractivity contribution in [2.75, 3.05) is 5.32 Å². The van der Waals surface area contributed by atoms with Gasteiger partial charge in [-0.05, 0) is 0 Å². The quantitative estimate of drug-likeness (QED) is 0.611. The summed E-state index contributed by atoms with van der Waals surface area (Å²) in [6.07, 6.45) is -5.12. The Balaban J connectivity index is 3.00. The molecule has 0 atom stereocenters. The van der Waals surface area contributed by atoms with E-state index in [-0.39, 0.29) is 0 Å². The van der Waals surface area contributed by atoms with Crippen LogP contribution in [0.15, 0.2) is 12.1 Å². The average molecular weight is 272 g/mol. The zero-order chi connectivity index (χ0) is 12.5. The molecule has 0 aliphatic heterocycles. The van der Waals surface area contributed by atoms with Crippen molar-refractivity contribution in [2.24, 2.45) is 0 Å². The summed E-state index contributed by atoms with van der Waals surface area (Å²) in [7, 11) is 0. The molecule has 0 radical (unpaired) electrons. The Bertz CT molecular complexity index is 431. The van der Waals surface area contributed by atoms with Crippen LogP contribution in [0.4, 0.5) is 27.6 Å². The van der Waals surface area contributed by atoms with E-state index < -0.39 is 33.3 Å². The molecule has 1 amide bonds. The normalized spacial score (nSPS) is 11.2. The fraction of sp³-hybridized carbons (Fsp3) is 0.125. The standard InChI is InChI=1S/C8H3F5NO.Ti/c9-4-1-2-6(5(10)3-4)14-7(15)8(11,12)13;/h1-2H,(H,14,15);. The molecule has 1 aromatic carbocycles. The van der Waals surface area contributed by atoms with Crippen molar-refractivity contribution >= 4 is 15.5 Å². The van der Waals surface area contributed by atoms with E-state index in [2.05, 4.69) is 0 Å².